The van der Waals surface area contributed by atoms with Gasteiger partial charge in [0, 0.05) is 35.2 Å². The van der Waals surface area contributed by atoms with E-state index in [0.29, 0.717) is 17.9 Å². The van der Waals surface area contributed by atoms with Crippen molar-refractivity contribution < 1.29 is 18.6 Å². The summed E-state index contributed by atoms with van der Waals surface area (Å²) < 4.78 is 36.5. The SMILES string of the molecule is COCc1cn(CC(O)(CF)c2ccc3c(cnn3-c3ccc(F)cc3)c2)c2ccccc12. The molecule has 1 unspecified atom stereocenters. The Morgan fingerprint density at radius 3 is 2.58 bits per heavy atom. The number of para-hydroxylation sites is 1. The molecular formula is C26H23F2N3O2. The normalized spacial score (nSPS) is 13.6. The molecule has 0 fully saturated rings. The van der Waals surface area contributed by atoms with Crippen LogP contribution in [0.1, 0.15) is 11.1 Å². The maximum absolute atomic E-state index is 14.3. The number of benzene rings is 3. The molecule has 5 nitrogen and oxygen atoms in total. The van der Waals surface area contributed by atoms with Gasteiger partial charge in [-0.25, -0.2) is 13.5 Å². The van der Waals surface area contributed by atoms with E-state index in [1.54, 1.807) is 48.3 Å². The number of ether oxygens (including phenoxy) is 1. The average Bonchev–Trinajstić information content (AvgIpc) is 3.41. The molecule has 0 aliphatic rings. The number of fused-ring (bicyclic) bond motifs is 2. The van der Waals surface area contributed by atoms with Crippen molar-refractivity contribution >= 4 is 21.8 Å². The number of aliphatic hydroxyl groups is 1. The molecule has 0 spiro atoms. The summed E-state index contributed by atoms with van der Waals surface area (Å²) in [6, 6.07) is 19.1. The molecule has 168 valence electrons. The van der Waals surface area contributed by atoms with Crippen LogP contribution in [0.4, 0.5) is 8.78 Å². The lowest BCUT2D eigenvalue weighted by molar-refractivity contribution is -0.00422. The highest BCUT2D eigenvalue weighted by molar-refractivity contribution is 5.84. The van der Waals surface area contributed by atoms with E-state index in [9.17, 15) is 13.9 Å². The van der Waals surface area contributed by atoms with E-state index < -0.39 is 12.3 Å². The maximum Gasteiger partial charge on any atom is 0.136 e. The lowest BCUT2D eigenvalue weighted by Crippen LogP contribution is -2.33. The Hall–Kier alpha value is -3.55. The first-order chi connectivity index (χ1) is 16.0. The van der Waals surface area contributed by atoms with Crippen molar-refractivity contribution in [2.75, 3.05) is 13.8 Å². The van der Waals surface area contributed by atoms with E-state index in [4.69, 9.17) is 4.74 Å². The number of rotatable bonds is 7. The Morgan fingerprint density at radius 2 is 1.82 bits per heavy atom. The van der Waals surface area contributed by atoms with Crippen LogP contribution in [0.5, 0.6) is 0 Å². The molecule has 0 radical (unpaired) electrons. The number of aromatic nitrogens is 3. The molecule has 1 N–H and O–H groups in total. The minimum Gasteiger partial charge on any atom is -0.381 e. The molecule has 2 heterocycles. The van der Waals surface area contributed by atoms with Crippen molar-refractivity contribution in [3.63, 3.8) is 0 Å². The van der Waals surface area contributed by atoms with Crippen LogP contribution in [0, 0.1) is 5.82 Å². The van der Waals surface area contributed by atoms with Gasteiger partial charge in [0.15, 0.2) is 0 Å². The first-order valence-electron chi connectivity index (χ1n) is 10.6. The van der Waals surface area contributed by atoms with Crippen molar-refractivity contribution in [2.24, 2.45) is 0 Å². The van der Waals surface area contributed by atoms with E-state index in [0.717, 1.165) is 27.4 Å². The van der Waals surface area contributed by atoms with Gasteiger partial charge in [-0.05, 0) is 48.0 Å². The molecule has 3 aromatic carbocycles. The van der Waals surface area contributed by atoms with E-state index in [-0.39, 0.29) is 12.4 Å². The fraction of sp³-hybridized carbons (Fsp3) is 0.192. The van der Waals surface area contributed by atoms with E-state index >= 15 is 0 Å². The summed E-state index contributed by atoms with van der Waals surface area (Å²) in [5.41, 5.74) is 2.11. The largest absolute Gasteiger partial charge is 0.381 e. The van der Waals surface area contributed by atoms with Gasteiger partial charge in [0.25, 0.3) is 0 Å². The first-order valence-corrected chi connectivity index (χ1v) is 10.6. The number of alkyl halides is 1. The van der Waals surface area contributed by atoms with Crippen LogP contribution < -0.4 is 0 Å². The standard InChI is InChI=1S/C26H23F2N3O2/c1-33-15-19-14-30(25-5-3-2-4-23(19)25)17-26(32,16-27)20-6-11-24-18(12-20)13-29-31(24)22-9-7-21(28)8-10-22/h2-14,32H,15-17H2,1H3. The zero-order valence-corrected chi connectivity index (χ0v) is 18.1. The second-order valence-corrected chi connectivity index (χ2v) is 8.20. The van der Waals surface area contributed by atoms with Gasteiger partial charge in [-0.3, -0.25) is 0 Å². The topological polar surface area (TPSA) is 52.2 Å². The third-order valence-corrected chi connectivity index (χ3v) is 6.00. The lowest BCUT2D eigenvalue weighted by atomic mass is 9.94. The van der Waals surface area contributed by atoms with Gasteiger partial charge < -0.3 is 14.4 Å². The summed E-state index contributed by atoms with van der Waals surface area (Å²) >= 11 is 0. The molecule has 1 atom stereocenters. The summed E-state index contributed by atoms with van der Waals surface area (Å²) in [7, 11) is 1.63. The van der Waals surface area contributed by atoms with Crippen LogP contribution in [0.3, 0.4) is 0 Å². The number of halogens is 2. The van der Waals surface area contributed by atoms with Crippen molar-refractivity contribution in [3.8, 4) is 5.69 Å². The molecule has 0 aliphatic heterocycles. The summed E-state index contributed by atoms with van der Waals surface area (Å²) in [6.07, 6.45) is 3.56. The molecule has 0 aliphatic carbocycles. The molecule has 2 aromatic heterocycles. The van der Waals surface area contributed by atoms with Crippen LogP contribution in [0.25, 0.3) is 27.5 Å². The fourth-order valence-electron chi connectivity index (χ4n) is 4.33. The minimum absolute atomic E-state index is 0.0470. The Balaban J connectivity index is 1.53. The zero-order chi connectivity index (χ0) is 23.0. The van der Waals surface area contributed by atoms with Crippen LogP contribution in [-0.2, 0) is 23.5 Å². The van der Waals surface area contributed by atoms with Gasteiger partial charge in [0.1, 0.15) is 18.1 Å². The molecule has 7 heteroatoms. The molecule has 0 saturated carbocycles. The van der Waals surface area contributed by atoms with Gasteiger partial charge in [-0.15, -0.1) is 0 Å². The Morgan fingerprint density at radius 1 is 1.03 bits per heavy atom. The summed E-state index contributed by atoms with van der Waals surface area (Å²) in [5.74, 6) is -0.322. The molecule has 33 heavy (non-hydrogen) atoms. The lowest BCUT2D eigenvalue weighted by Gasteiger charge is -2.26. The third-order valence-electron chi connectivity index (χ3n) is 6.00. The Kier molecular flexibility index (Phi) is 5.44. The van der Waals surface area contributed by atoms with Gasteiger partial charge >= 0.3 is 0 Å². The zero-order valence-electron chi connectivity index (χ0n) is 18.1. The highest BCUT2D eigenvalue weighted by atomic mass is 19.1. The third kappa shape index (κ3) is 3.79. The Bertz CT molecular complexity index is 1430. The Labute approximate surface area is 189 Å². The van der Waals surface area contributed by atoms with E-state index in [1.807, 2.05) is 35.0 Å². The second kappa shape index (κ2) is 8.42. The van der Waals surface area contributed by atoms with Crippen LogP contribution in [0.2, 0.25) is 0 Å². The summed E-state index contributed by atoms with van der Waals surface area (Å²) in [6.45, 7) is -0.474. The van der Waals surface area contributed by atoms with Crippen LogP contribution in [-0.4, -0.2) is 33.2 Å². The maximum atomic E-state index is 14.3. The smallest absolute Gasteiger partial charge is 0.136 e. The minimum atomic E-state index is -1.72. The van der Waals surface area contributed by atoms with Gasteiger partial charge in [-0.1, -0.05) is 24.3 Å². The predicted molar refractivity (Wildman–Crippen MR) is 124 cm³/mol. The fourth-order valence-corrected chi connectivity index (χ4v) is 4.33. The van der Waals surface area contributed by atoms with Gasteiger partial charge in [0.2, 0.25) is 0 Å². The second-order valence-electron chi connectivity index (χ2n) is 8.20. The average molecular weight is 447 g/mol. The summed E-state index contributed by atoms with van der Waals surface area (Å²) in [4.78, 5) is 0. The molecule has 0 amide bonds. The molecular weight excluding hydrogens is 424 g/mol. The number of methoxy groups -OCH3 is 1. The monoisotopic (exact) mass is 447 g/mol. The number of nitrogens with zero attached hydrogens (tertiary/aromatic N) is 3. The number of hydrogen-bond acceptors (Lipinski definition) is 3. The van der Waals surface area contributed by atoms with Crippen molar-refractivity contribution in [1.29, 1.82) is 0 Å². The summed E-state index contributed by atoms with van der Waals surface area (Å²) in [5, 5.41) is 17.5. The molecule has 5 rings (SSSR count). The predicted octanol–water partition coefficient (Wildman–Crippen LogP) is 5.12. The van der Waals surface area contributed by atoms with E-state index in [1.165, 1.54) is 12.1 Å². The van der Waals surface area contributed by atoms with Gasteiger partial charge in [0.05, 0.1) is 30.6 Å². The van der Waals surface area contributed by atoms with Crippen molar-refractivity contribution in [2.45, 2.75) is 18.8 Å². The highest BCUT2D eigenvalue weighted by Gasteiger charge is 2.31. The molecule has 0 saturated heterocycles. The first kappa shape index (κ1) is 21.3. The van der Waals surface area contributed by atoms with Crippen LogP contribution >= 0.6 is 0 Å². The highest BCUT2D eigenvalue weighted by Crippen LogP contribution is 2.31. The van der Waals surface area contributed by atoms with Gasteiger partial charge in [-0.2, -0.15) is 5.10 Å². The number of hydrogen-bond donors (Lipinski definition) is 1. The molecule has 5 aromatic rings. The van der Waals surface area contributed by atoms with E-state index in [2.05, 4.69) is 5.10 Å². The molecule has 0 bridgehead atoms. The quantitative estimate of drug-likeness (QED) is 0.377. The van der Waals surface area contributed by atoms with Crippen LogP contribution in [0.15, 0.2) is 79.1 Å². The van der Waals surface area contributed by atoms with Crippen molar-refractivity contribution in [1.82, 2.24) is 14.3 Å². The van der Waals surface area contributed by atoms with Crippen molar-refractivity contribution in [3.05, 3.63) is 96.1 Å².